The molecular formula is C13H14N2O3. The van der Waals surface area contributed by atoms with Crippen molar-refractivity contribution in [3.05, 3.63) is 29.6 Å². The van der Waals surface area contributed by atoms with E-state index in [0.717, 1.165) is 29.9 Å². The van der Waals surface area contributed by atoms with Crippen LogP contribution in [0.2, 0.25) is 0 Å². The van der Waals surface area contributed by atoms with Crippen molar-refractivity contribution in [2.45, 2.75) is 12.3 Å². The third-order valence-electron chi connectivity index (χ3n) is 3.46. The summed E-state index contributed by atoms with van der Waals surface area (Å²) in [5, 5.41) is 8.98. The highest BCUT2D eigenvalue weighted by atomic mass is 16.5. The number of carboxylic acid groups (broad SMARTS) is 1. The molecular weight excluding hydrogens is 232 g/mol. The van der Waals surface area contributed by atoms with Crippen molar-refractivity contribution in [1.82, 2.24) is 9.55 Å². The number of benzene rings is 1. The summed E-state index contributed by atoms with van der Waals surface area (Å²) < 4.78 is 7.41. The van der Waals surface area contributed by atoms with Gasteiger partial charge in [0.25, 0.3) is 0 Å². The first kappa shape index (κ1) is 11.2. The molecule has 0 radical (unpaired) electrons. The maximum absolute atomic E-state index is 10.9. The van der Waals surface area contributed by atoms with Gasteiger partial charge >= 0.3 is 5.97 Å². The van der Waals surface area contributed by atoms with Gasteiger partial charge in [-0.25, -0.2) is 9.78 Å². The fourth-order valence-electron chi connectivity index (χ4n) is 2.45. The van der Waals surface area contributed by atoms with E-state index in [4.69, 9.17) is 9.84 Å². The average molecular weight is 246 g/mol. The summed E-state index contributed by atoms with van der Waals surface area (Å²) in [4.78, 5) is 15.5. The number of aromatic carboxylic acids is 1. The Labute approximate surface area is 104 Å². The molecule has 94 valence electrons. The molecule has 1 fully saturated rings. The van der Waals surface area contributed by atoms with E-state index in [1.165, 1.54) is 0 Å². The Hall–Kier alpha value is -1.88. The van der Waals surface area contributed by atoms with Crippen molar-refractivity contribution in [3.8, 4) is 0 Å². The molecule has 18 heavy (non-hydrogen) atoms. The quantitative estimate of drug-likeness (QED) is 0.877. The normalized spacial score (nSPS) is 19.5. The molecule has 2 heterocycles. The fraction of sp³-hybridized carbons (Fsp3) is 0.385. The summed E-state index contributed by atoms with van der Waals surface area (Å²) >= 11 is 0. The van der Waals surface area contributed by atoms with Gasteiger partial charge in [0, 0.05) is 19.6 Å². The number of rotatable bonds is 2. The van der Waals surface area contributed by atoms with E-state index in [-0.39, 0.29) is 5.56 Å². The minimum absolute atomic E-state index is 0.273. The molecule has 0 spiro atoms. The predicted molar refractivity (Wildman–Crippen MR) is 65.9 cm³/mol. The second kappa shape index (κ2) is 4.10. The highest BCUT2D eigenvalue weighted by molar-refractivity contribution is 5.92. The second-order valence-electron chi connectivity index (χ2n) is 4.60. The van der Waals surface area contributed by atoms with Crippen molar-refractivity contribution in [1.29, 1.82) is 0 Å². The highest BCUT2D eigenvalue weighted by Crippen LogP contribution is 2.27. The summed E-state index contributed by atoms with van der Waals surface area (Å²) in [6, 6.07) is 5.04. The molecule has 1 aliphatic heterocycles. The number of aromatic nitrogens is 2. The minimum atomic E-state index is -0.923. The van der Waals surface area contributed by atoms with Gasteiger partial charge < -0.3 is 14.4 Å². The molecule has 1 saturated heterocycles. The molecule has 5 nitrogen and oxygen atoms in total. The topological polar surface area (TPSA) is 64.4 Å². The van der Waals surface area contributed by atoms with Gasteiger partial charge in [-0.2, -0.15) is 0 Å². The first-order chi connectivity index (χ1) is 8.66. The van der Waals surface area contributed by atoms with Gasteiger partial charge in [0.2, 0.25) is 0 Å². The number of carboxylic acids is 1. The summed E-state index contributed by atoms with van der Waals surface area (Å²) in [6.07, 6.45) is 0.975. The molecule has 1 atom stereocenters. The zero-order valence-corrected chi connectivity index (χ0v) is 10.1. The predicted octanol–water partition coefficient (Wildman–Crippen LogP) is 1.78. The fourth-order valence-corrected chi connectivity index (χ4v) is 2.45. The highest BCUT2D eigenvalue weighted by Gasteiger charge is 2.23. The third-order valence-corrected chi connectivity index (χ3v) is 3.46. The lowest BCUT2D eigenvalue weighted by Crippen LogP contribution is -2.05. The van der Waals surface area contributed by atoms with Crippen molar-refractivity contribution in [2.75, 3.05) is 13.2 Å². The molecule has 1 aliphatic rings. The maximum Gasteiger partial charge on any atom is 0.335 e. The van der Waals surface area contributed by atoms with Crippen molar-refractivity contribution in [2.24, 2.45) is 7.05 Å². The standard InChI is InChI=1S/C13H14N2O3/c1-15-11-3-2-8(13(16)17)6-10(11)14-12(15)9-4-5-18-7-9/h2-3,6,9H,4-5,7H2,1H3,(H,16,17). The van der Waals surface area contributed by atoms with Crippen molar-refractivity contribution in [3.63, 3.8) is 0 Å². The molecule has 0 bridgehead atoms. The lowest BCUT2D eigenvalue weighted by atomic mass is 10.1. The molecule has 0 saturated carbocycles. The van der Waals surface area contributed by atoms with Crippen molar-refractivity contribution < 1.29 is 14.6 Å². The number of carbonyl (C=O) groups is 1. The number of aryl methyl sites for hydroxylation is 1. The first-order valence-corrected chi connectivity index (χ1v) is 5.94. The zero-order chi connectivity index (χ0) is 12.7. The number of hydrogen-bond acceptors (Lipinski definition) is 3. The number of nitrogens with zero attached hydrogens (tertiary/aromatic N) is 2. The van der Waals surface area contributed by atoms with Gasteiger partial charge in [-0.3, -0.25) is 0 Å². The van der Waals surface area contributed by atoms with Gasteiger partial charge in [0.05, 0.1) is 23.2 Å². The van der Waals surface area contributed by atoms with Crippen LogP contribution in [-0.2, 0) is 11.8 Å². The molecule has 3 rings (SSSR count). The SMILES string of the molecule is Cn1c(C2CCOC2)nc2cc(C(=O)O)ccc21. The van der Waals surface area contributed by atoms with Crippen LogP contribution in [-0.4, -0.2) is 33.8 Å². The first-order valence-electron chi connectivity index (χ1n) is 5.94. The van der Waals surface area contributed by atoms with E-state index in [2.05, 4.69) is 4.98 Å². The van der Waals surface area contributed by atoms with Crippen LogP contribution >= 0.6 is 0 Å². The monoisotopic (exact) mass is 246 g/mol. The van der Waals surface area contributed by atoms with E-state index in [1.54, 1.807) is 12.1 Å². The average Bonchev–Trinajstić information content (AvgIpc) is 2.97. The molecule has 1 N–H and O–H groups in total. The van der Waals surface area contributed by atoms with Gasteiger partial charge in [-0.1, -0.05) is 0 Å². The van der Waals surface area contributed by atoms with E-state index in [9.17, 15) is 4.79 Å². The van der Waals surface area contributed by atoms with Crippen LogP contribution in [0, 0.1) is 0 Å². The molecule has 0 amide bonds. The minimum Gasteiger partial charge on any atom is -0.478 e. The molecule has 1 aromatic heterocycles. The maximum atomic E-state index is 10.9. The van der Waals surface area contributed by atoms with Crippen LogP contribution in [0.25, 0.3) is 11.0 Å². The number of ether oxygens (including phenoxy) is 1. The Morgan fingerprint density at radius 2 is 2.39 bits per heavy atom. The number of hydrogen-bond donors (Lipinski definition) is 1. The number of fused-ring (bicyclic) bond motifs is 1. The van der Waals surface area contributed by atoms with Gasteiger partial charge in [0.15, 0.2) is 0 Å². The van der Waals surface area contributed by atoms with E-state index < -0.39 is 5.97 Å². The zero-order valence-electron chi connectivity index (χ0n) is 10.1. The Bertz CT molecular complexity index is 612. The molecule has 1 unspecified atom stereocenters. The molecule has 0 aliphatic carbocycles. The largest absolute Gasteiger partial charge is 0.478 e. The summed E-state index contributed by atoms with van der Waals surface area (Å²) in [6.45, 7) is 1.47. The summed E-state index contributed by atoms with van der Waals surface area (Å²) in [7, 11) is 1.96. The molecule has 1 aromatic carbocycles. The van der Waals surface area contributed by atoms with Crippen LogP contribution < -0.4 is 0 Å². The lowest BCUT2D eigenvalue weighted by molar-refractivity contribution is 0.0697. The third kappa shape index (κ3) is 1.67. The Balaban J connectivity index is 2.11. The van der Waals surface area contributed by atoms with Gasteiger partial charge in [-0.15, -0.1) is 0 Å². The number of imidazole rings is 1. The smallest absolute Gasteiger partial charge is 0.335 e. The molecule has 5 heteroatoms. The Morgan fingerprint density at radius 3 is 3.06 bits per heavy atom. The van der Waals surface area contributed by atoms with E-state index in [1.807, 2.05) is 17.7 Å². The second-order valence-corrected chi connectivity index (χ2v) is 4.60. The van der Waals surface area contributed by atoms with Gasteiger partial charge in [-0.05, 0) is 24.6 Å². The van der Waals surface area contributed by atoms with Crippen LogP contribution in [0.3, 0.4) is 0 Å². The Morgan fingerprint density at radius 1 is 1.56 bits per heavy atom. The van der Waals surface area contributed by atoms with Crippen LogP contribution in [0.5, 0.6) is 0 Å². The van der Waals surface area contributed by atoms with Crippen LogP contribution in [0.1, 0.15) is 28.5 Å². The lowest BCUT2D eigenvalue weighted by Gasteiger charge is -2.07. The van der Waals surface area contributed by atoms with Crippen LogP contribution in [0.4, 0.5) is 0 Å². The van der Waals surface area contributed by atoms with E-state index in [0.29, 0.717) is 12.5 Å². The van der Waals surface area contributed by atoms with Crippen LogP contribution in [0.15, 0.2) is 18.2 Å². The summed E-state index contributed by atoms with van der Waals surface area (Å²) in [5.41, 5.74) is 1.97. The summed E-state index contributed by atoms with van der Waals surface area (Å²) in [5.74, 6) is 0.369. The Kier molecular flexibility index (Phi) is 2.56. The van der Waals surface area contributed by atoms with Crippen molar-refractivity contribution >= 4 is 17.0 Å². The molecule has 2 aromatic rings. The van der Waals surface area contributed by atoms with E-state index >= 15 is 0 Å². The van der Waals surface area contributed by atoms with Gasteiger partial charge in [0.1, 0.15) is 5.82 Å².